The Morgan fingerprint density at radius 3 is 2.85 bits per heavy atom. The Morgan fingerprint density at radius 2 is 2.07 bits per heavy atom. The SMILES string of the molecule is Cc1c(CC(C(=O)CCl)C2CCc3nccn3C2)c(F)c(F)c2c1CCC2. The summed E-state index contributed by atoms with van der Waals surface area (Å²) in [5.41, 5.74) is 2.62. The number of rotatable bonds is 5. The molecule has 144 valence electrons. The van der Waals surface area contributed by atoms with Crippen LogP contribution in [0.4, 0.5) is 8.78 Å². The number of Topliss-reactive ketones (excluding diaryl/α,β-unsaturated/α-hetero) is 1. The van der Waals surface area contributed by atoms with E-state index in [1.54, 1.807) is 6.20 Å². The smallest absolute Gasteiger partial charge is 0.162 e. The highest BCUT2D eigenvalue weighted by atomic mass is 35.5. The molecule has 2 unspecified atom stereocenters. The zero-order valence-electron chi connectivity index (χ0n) is 15.4. The summed E-state index contributed by atoms with van der Waals surface area (Å²) in [6.45, 7) is 2.52. The number of fused-ring (bicyclic) bond motifs is 2. The van der Waals surface area contributed by atoms with Gasteiger partial charge in [-0.15, -0.1) is 11.6 Å². The van der Waals surface area contributed by atoms with Gasteiger partial charge in [0, 0.05) is 31.3 Å². The van der Waals surface area contributed by atoms with Gasteiger partial charge >= 0.3 is 0 Å². The minimum absolute atomic E-state index is 0.0491. The first-order valence-electron chi connectivity index (χ1n) is 9.58. The van der Waals surface area contributed by atoms with E-state index in [2.05, 4.69) is 9.55 Å². The summed E-state index contributed by atoms with van der Waals surface area (Å²) in [4.78, 5) is 17.0. The van der Waals surface area contributed by atoms with Crippen LogP contribution in [0.5, 0.6) is 0 Å². The maximum Gasteiger partial charge on any atom is 0.162 e. The number of nitrogens with zero attached hydrogens (tertiary/aromatic N) is 2. The Balaban J connectivity index is 1.68. The largest absolute Gasteiger partial charge is 0.335 e. The molecule has 0 fully saturated rings. The van der Waals surface area contributed by atoms with Crippen molar-refractivity contribution in [1.29, 1.82) is 0 Å². The van der Waals surface area contributed by atoms with Gasteiger partial charge < -0.3 is 4.57 Å². The predicted molar refractivity (Wildman–Crippen MR) is 100 cm³/mol. The molecule has 2 heterocycles. The van der Waals surface area contributed by atoms with Crippen LogP contribution in [0.15, 0.2) is 12.4 Å². The number of carbonyl (C=O) groups excluding carboxylic acids is 1. The normalized spacial score (nSPS) is 19.6. The zero-order chi connectivity index (χ0) is 19.1. The number of aryl methyl sites for hydroxylation is 1. The second-order valence-electron chi connectivity index (χ2n) is 7.75. The Hall–Kier alpha value is -1.75. The summed E-state index contributed by atoms with van der Waals surface area (Å²) in [6.07, 6.45) is 7.69. The highest BCUT2D eigenvalue weighted by Gasteiger charge is 2.34. The van der Waals surface area contributed by atoms with Crippen LogP contribution < -0.4 is 0 Å². The van der Waals surface area contributed by atoms with Gasteiger partial charge in [0.2, 0.25) is 0 Å². The lowest BCUT2D eigenvalue weighted by Gasteiger charge is -2.31. The topological polar surface area (TPSA) is 34.9 Å². The molecule has 0 spiro atoms. The summed E-state index contributed by atoms with van der Waals surface area (Å²) in [5.74, 6) is -1.05. The third-order valence-electron chi connectivity index (χ3n) is 6.36. The van der Waals surface area contributed by atoms with E-state index in [9.17, 15) is 13.6 Å². The average molecular weight is 393 g/mol. The van der Waals surface area contributed by atoms with Crippen molar-refractivity contribution in [3.05, 3.63) is 52.1 Å². The summed E-state index contributed by atoms with van der Waals surface area (Å²) < 4.78 is 31.5. The van der Waals surface area contributed by atoms with Gasteiger partial charge in [0.05, 0.1) is 5.88 Å². The van der Waals surface area contributed by atoms with Crippen molar-refractivity contribution in [1.82, 2.24) is 9.55 Å². The molecule has 1 aliphatic carbocycles. The van der Waals surface area contributed by atoms with Crippen molar-refractivity contribution < 1.29 is 13.6 Å². The molecule has 27 heavy (non-hydrogen) atoms. The fraction of sp³-hybridized carbons (Fsp3) is 0.524. The van der Waals surface area contributed by atoms with Gasteiger partial charge in [0.1, 0.15) is 5.82 Å². The number of imidazole rings is 1. The van der Waals surface area contributed by atoms with Crippen LogP contribution in [0.25, 0.3) is 0 Å². The molecule has 6 heteroatoms. The maximum absolute atomic E-state index is 14.9. The van der Waals surface area contributed by atoms with Crippen LogP contribution in [-0.2, 0) is 37.0 Å². The first-order valence-corrected chi connectivity index (χ1v) is 10.1. The maximum atomic E-state index is 14.9. The number of carbonyl (C=O) groups is 1. The standard InChI is InChI=1S/C21H23ClF2N2O/c1-12-14-3-2-4-15(14)20(23)21(24)16(12)9-17(18(27)10-22)13-5-6-19-25-7-8-26(19)11-13/h7-8,13,17H,2-6,9-11H2,1H3. The van der Waals surface area contributed by atoms with Crippen LogP contribution in [0.3, 0.4) is 0 Å². The van der Waals surface area contributed by atoms with Gasteiger partial charge in [0.15, 0.2) is 17.4 Å². The molecule has 1 aromatic heterocycles. The number of ketones is 1. The Bertz CT molecular complexity index is 893. The molecule has 0 saturated heterocycles. The minimum Gasteiger partial charge on any atom is -0.335 e. The van der Waals surface area contributed by atoms with Crippen molar-refractivity contribution in [3.63, 3.8) is 0 Å². The molecular formula is C21H23ClF2N2O. The number of benzene rings is 1. The number of alkyl halides is 1. The van der Waals surface area contributed by atoms with Crippen molar-refractivity contribution in [2.24, 2.45) is 11.8 Å². The van der Waals surface area contributed by atoms with Gasteiger partial charge in [-0.25, -0.2) is 13.8 Å². The molecule has 1 aliphatic heterocycles. The number of halogens is 3. The van der Waals surface area contributed by atoms with E-state index >= 15 is 0 Å². The van der Waals surface area contributed by atoms with E-state index in [0.29, 0.717) is 24.1 Å². The third-order valence-corrected chi connectivity index (χ3v) is 6.62. The quantitative estimate of drug-likeness (QED) is 0.715. The number of hydrogen-bond donors (Lipinski definition) is 0. The van der Waals surface area contributed by atoms with Gasteiger partial charge in [0.25, 0.3) is 0 Å². The van der Waals surface area contributed by atoms with E-state index < -0.39 is 17.6 Å². The van der Waals surface area contributed by atoms with Crippen molar-refractivity contribution in [2.45, 2.75) is 52.0 Å². The monoisotopic (exact) mass is 392 g/mol. The minimum atomic E-state index is -0.778. The van der Waals surface area contributed by atoms with Gasteiger partial charge in [-0.2, -0.15) is 0 Å². The molecule has 0 N–H and O–H groups in total. The summed E-state index contributed by atoms with van der Waals surface area (Å²) in [7, 11) is 0. The second kappa shape index (κ2) is 7.34. The molecule has 0 saturated carbocycles. The average Bonchev–Trinajstić information content (AvgIpc) is 3.34. The third kappa shape index (κ3) is 3.20. The van der Waals surface area contributed by atoms with Crippen LogP contribution >= 0.6 is 11.6 Å². The molecule has 0 radical (unpaired) electrons. The van der Waals surface area contributed by atoms with E-state index in [-0.39, 0.29) is 24.0 Å². The molecule has 2 aromatic rings. The lowest BCUT2D eigenvalue weighted by atomic mass is 9.78. The number of hydrogen-bond acceptors (Lipinski definition) is 2. The Kier molecular flexibility index (Phi) is 5.06. The summed E-state index contributed by atoms with van der Waals surface area (Å²) in [5, 5.41) is 0. The van der Waals surface area contributed by atoms with Gasteiger partial charge in [-0.1, -0.05) is 0 Å². The molecule has 4 rings (SSSR count). The zero-order valence-corrected chi connectivity index (χ0v) is 16.2. The van der Waals surface area contributed by atoms with Crippen molar-refractivity contribution in [3.8, 4) is 0 Å². The molecule has 2 aliphatic rings. The highest BCUT2D eigenvalue weighted by molar-refractivity contribution is 6.27. The predicted octanol–water partition coefficient (Wildman–Crippen LogP) is 4.19. The molecule has 1 aromatic carbocycles. The first-order chi connectivity index (χ1) is 13.0. The second-order valence-corrected chi connectivity index (χ2v) is 8.01. The van der Waals surface area contributed by atoms with E-state index in [4.69, 9.17) is 11.6 Å². The first kappa shape index (κ1) is 18.6. The number of aromatic nitrogens is 2. The van der Waals surface area contributed by atoms with E-state index in [1.165, 1.54) is 0 Å². The molecular weight excluding hydrogens is 370 g/mol. The van der Waals surface area contributed by atoms with Crippen LogP contribution in [0, 0.1) is 30.4 Å². The lowest BCUT2D eigenvalue weighted by molar-refractivity contribution is -0.122. The molecule has 0 bridgehead atoms. The fourth-order valence-electron chi connectivity index (χ4n) is 4.84. The van der Waals surface area contributed by atoms with Crippen LogP contribution in [-0.4, -0.2) is 21.2 Å². The van der Waals surface area contributed by atoms with Crippen LogP contribution in [0.2, 0.25) is 0 Å². The molecule has 0 amide bonds. The van der Waals surface area contributed by atoms with Gasteiger partial charge in [-0.3, -0.25) is 4.79 Å². The highest BCUT2D eigenvalue weighted by Crippen LogP contribution is 2.36. The molecule has 3 nitrogen and oxygen atoms in total. The Labute approximate surface area is 162 Å². The van der Waals surface area contributed by atoms with Crippen LogP contribution in [0.1, 0.15) is 40.9 Å². The fourth-order valence-corrected chi connectivity index (χ4v) is 5.04. The van der Waals surface area contributed by atoms with E-state index in [0.717, 1.165) is 42.6 Å². The van der Waals surface area contributed by atoms with Gasteiger partial charge in [-0.05, 0) is 67.2 Å². The van der Waals surface area contributed by atoms with Crippen molar-refractivity contribution in [2.75, 3.05) is 5.88 Å². The lowest BCUT2D eigenvalue weighted by Crippen LogP contribution is -2.34. The van der Waals surface area contributed by atoms with E-state index in [1.807, 2.05) is 13.1 Å². The van der Waals surface area contributed by atoms with Crippen molar-refractivity contribution >= 4 is 17.4 Å². The molecule has 2 atom stereocenters. The summed E-state index contributed by atoms with van der Waals surface area (Å²) >= 11 is 5.88. The Morgan fingerprint density at radius 1 is 1.30 bits per heavy atom. The summed E-state index contributed by atoms with van der Waals surface area (Å²) in [6, 6.07) is 0.